The first-order chi connectivity index (χ1) is 19.4. The summed E-state index contributed by atoms with van der Waals surface area (Å²) in [4.78, 5) is 29.2. The van der Waals surface area contributed by atoms with Gasteiger partial charge in [0.15, 0.2) is 0 Å². The minimum Gasteiger partial charge on any atom is -0.508 e. The Morgan fingerprint density at radius 2 is 1.80 bits per heavy atom. The van der Waals surface area contributed by atoms with Crippen molar-refractivity contribution in [3.8, 4) is 5.75 Å². The Labute approximate surface area is 238 Å². The zero-order valence-electron chi connectivity index (χ0n) is 22.6. The average Bonchev–Trinajstić information content (AvgIpc) is 3.58. The lowest BCUT2D eigenvalue weighted by molar-refractivity contribution is -0.140. The molecule has 0 saturated carbocycles. The zero-order chi connectivity index (χ0) is 28.2. The minimum atomic E-state index is -0.853. The number of aromatic hydroxyl groups is 1. The molecule has 1 aromatic heterocycles. The number of allylic oxidation sites excluding steroid dienone is 2. The SMILES string of the molecule is CCC1=C([C@H](O)CC/C(=C/c2ccc(O)cc2)c2ccccc2)[C@H](CO)[C@@H]2C(=O)N(Cc3cccs3)C(=O)[C@@H]2C1. The number of phenolic OH excluding ortho intramolecular Hbond substituents is 1. The fourth-order valence-electron chi connectivity index (χ4n) is 6.25. The van der Waals surface area contributed by atoms with Crippen molar-refractivity contribution in [2.24, 2.45) is 17.8 Å². The highest BCUT2D eigenvalue weighted by atomic mass is 32.1. The number of benzene rings is 2. The molecular formula is C33H35NO5S. The highest BCUT2D eigenvalue weighted by molar-refractivity contribution is 7.09. The van der Waals surface area contributed by atoms with Gasteiger partial charge >= 0.3 is 0 Å². The Morgan fingerprint density at radius 3 is 2.45 bits per heavy atom. The van der Waals surface area contributed by atoms with E-state index in [0.717, 1.165) is 32.7 Å². The third kappa shape index (κ3) is 5.68. The van der Waals surface area contributed by atoms with E-state index >= 15 is 0 Å². The predicted molar refractivity (Wildman–Crippen MR) is 157 cm³/mol. The quantitative estimate of drug-likeness (QED) is 0.170. The summed E-state index contributed by atoms with van der Waals surface area (Å²) in [5, 5.41) is 33.7. The molecule has 3 N–H and O–H groups in total. The molecule has 0 unspecified atom stereocenters. The van der Waals surface area contributed by atoms with Crippen molar-refractivity contribution in [1.29, 1.82) is 0 Å². The summed E-state index contributed by atoms with van der Waals surface area (Å²) in [6.07, 6.45) is 3.26. The van der Waals surface area contributed by atoms with Gasteiger partial charge in [0.2, 0.25) is 11.8 Å². The van der Waals surface area contributed by atoms with Crippen LogP contribution in [0.4, 0.5) is 0 Å². The van der Waals surface area contributed by atoms with Gasteiger partial charge in [0.1, 0.15) is 5.75 Å². The second-order valence-corrected chi connectivity index (χ2v) is 11.6. The fraction of sp³-hybridized carbons (Fsp3) is 0.333. The van der Waals surface area contributed by atoms with Gasteiger partial charge in [-0.3, -0.25) is 14.5 Å². The van der Waals surface area contributed by atoms with Crippen LogP contribution >= 0.6 is 11.3 Å². The van der Waals surface area contributed by atoms with Crippen LogP contribution in [0.3, 0.4) is 0 Å². The smallest absolute Gasteiger partial charge is 0.234 e. The van der Waals surface area contributed by atoms with Gasteiger partial charge in [-0.2, -0.15) is 0 Å². The standard InChI is InChI=1S/C33H35NO5S/c1-2-22-18-27-31(33(39)34(32(27)38)19-26-9-6-16-40-26)28(20-35)30(22)29(37)15-12-24(23-7-4-3-5-8-23)17-21-10-13-25(36)14-11-21/h3-11,13-14,16-17,27-29,31,35-37H,2,12,15,18-20H2,1H3/b24-17-/t27-,28+,29-,31-/m1/s1. The summed E-state index contributed by atoms with van der Waals surface area (Å²) < 4.78 is 0. The number of carbonyl (C=O) groups excluding carboxylic acids is 2. The van der Waals surface area contributed by atoms with Gasteiger partial charge in [0.05, 0.1) is 31.1 Å². The van der Waals surface area contributed by atoms with Crippen LogP contribution in [0.15, 0.2) is 83.3 Å². The van der Waals surface area contributed by atoms with Crippen molar-refractivity contribution in [3.63, 3.8) is 0 Å². The molecular weight excluding hydrogens is 522 g/mol. The largest absolute Gasteiger partial charge is 0.508 e. The third-order valence-corrected chi connectivity index (χ3v) is 9.08. The molecule has 0 radical (unpaired) electrons. The molecule has 1 aliphatic carbocycles. The normalized spacial score (nSPS) is 22.1. The molecule has 5 rings (SSSR count). The Kier molecular flexibility index (Phi) is 8.64. The van der Waals surface area contributed by atoms with E-state index in [1.807, 2.05) is 66.9 Å². The maximum Gasteiger partial charge on any atom is 0.234 e. The number of phenols is 1. The molecule has 2 amide bonds. The molecule has 1 aliphatic heterocycles. The lowest BCUT2D eigenvalue weighted by Crippen LogP contribution is -2.39. The van der Waals surface area contributed by atoms with Crippen molar-refractivity contribution < 1.29 is 24.9 Å². The van der Waals surface area contributed by atoms with Gasteiger partial charge in [0, 0.05) is 10.8 Å². The predicted octanol–water partition coefficient (Wildman–Crippen LogP) is 5.66. The van der Waals surface area contributed by atoms with Crippen LogP contribution in [-0.2, 0) is 16.1 Å². The molecule has 4 atom stereocenters. The van der Waals surface area contributed by atoms with E-state index in [1.165, 1.54) is 16.2 Å². The zero-order valence-corrected chi connectivity index (χ0v) is 23.4. The number of rotatable bonds is 10. The molecule has 2 aromatic carbocycles. The first kappa shape index (κ1) is 28.0. The van der Waals surface area contributed by atoms with Crippen molar-refractivity contribution in [2.75, 3.05) is 6.61 Å². The molecule has 0 spiro atoms. The van der Waals surface area contributed by atoms with E-state index in [0.29, 0.717) is 25.7 Å². The fourth-order valence-corrected chi connectivity index (χ4v) is 6.94. The number of carbonyl (C=O) groups is 2. The minimum absolute atomic E-state index is 0.176. The number of likely N-dealkylation sites (tertiary alicyclic amines) is 1. The van der Waals surface area contributed by atoms with E-state index in [1.54, 1.807) is 12.1 Å². The Hall–Kier alpha value is -3.52. The van der Waals surface area contributed by atoms with Crippen molar-refractivity contribution >= 4 is 34.8 Å². The molecule has 40 heavy (non-hydrogen) atoms. The van der Waals surface area contributed by atoms with Gasteiger partial charge in [0.25, 0.3) is 0 Å². The summed E-state index contributed by atoms with van der Waals surface area (Å²) in [5.41, 5.74) is 4.70. The summed E-state index contributed by atoms with van der Waals surface area (Å²) >= 11 is 1.51. The van der Waals surface area contributed by atoms with E-state index in [2.05, 4.69) is 6.08 Å². The molecule has 0 bridgehead atoms. The Bertz CT molecular complexity index is 1390. The van der Waals surface area contributed by atoms with Crippen molar-refractivity contribution in [2.45, 2.75) is 45.3 Å². The number of thiophene rings is 1. The van der Waals surface area contributed by atoms with Crippen LogP contribution in [0.5, 0.6) is 5.75 Å². The molecule has 208 valence electrons. The maximum atomic E-state index is 13.6. The van der Waals surface area contributed by atoms with E-state index in [9.17, 15) is 24.9 Å². The number of hydrogen-bond acceptors (Lipinski definition) is 6. The molecule has 6 nitrogen and oxygen atoms in total. The van der Waals surface area contributed by atoms with Gasteiger partial charge in [-0.1, -0.05) is 67.1 Å². The van der Waals surface area contributed by atoms with Gasteiger partial charge in [-0.15, -0.1) is 11.3 Å². The van der Waals surface area contributed by atoms with E-state index in [-0.39, 0.29) is 30.7 Å². The van der Waals surface area contributed by atoms with Crippen LogP contribution in [0, 0.1) is 17.8 Å². The van der Waals surface area contributed by atoms with E-state index in [4.69, 9.17) is 0 Å². The third-order valence-electron chi connectivity index (χ3n) is 8.22. The second-order valence-electron chi connectivity index (χ2n) is 10.6. The number of imide groups is 1. The van der Waals surface area contributed by atoms with Crippen molar-refractivity contribution in [1.82, 2.24) is 4.90 Å². The molecule has 7 heteroatoms. The summed E-state index contributed by atoms with van der Waals surface area (Å²) in [6, 6.07) is 20.8. The van der Waals surface area contributed by atoms with E-state index < -0.39 is 23.9 Å². The van der Waals surface area contributed by atoms with Crippen LogP contribution in [-0.4, -0.2) is 44.7 Å². The van der Waals surface area contributed by atoms with Crippen LogP contribution in [0.25, 0.3) is 11.6 Å². The summed E-state index contributed by atoms with van der Waals surface area (Å²) in [7, 11) is 0. The Balaban J connectivity index is 1.39. The highest BCUT2D eigenvalue weighted by Crippen LogP contribution is 2.47. The molecule has 1 saturated heterocycles. The Morgan fingerprint density at radius 1 is 1.05 bits per heavy atom. The maximum absolute atomic E-state index is 13.6. The highest BCUT2D eigenvalue weighted by Gasteiger charge is 2.54. The van der Waals surface area contributed by atoms with Gasteiger partial charge in [-0.25, -0.2) is 0 Å². The number of fused-ring (bicyclic) bond motifs is 1. The first-order valence-electron chi connectivity index (χ1n) is 13.8. The summed E-state index contributed by atoms with van der Waals surface area (Å²) in [6.45, 7) is 1.96. The lowest BCUT2D eigenvalue weighted by atomic mass is 9.67. The number of aliphatic hydroxyl groups is 2. The van der Waals surface area contributed by atoms with Gasteiger partial charge < -0.3 is 15.3 Å². The average molecular weight is 558 g/mol. The lowest BCUT2D eigenvalue weighted by Gasteiger charge is -2.36. The first-order valence-corrected chi connectivity index (χ1v) is 14.7. The second kappa shape index (κ2) is 12.3. The summed E-state index contributed by atoms with van der Waals surface area (Å²) in [5.74, 6) is -1.96. The number of aliphatic hydroxyl groups excluding tert-OH is 2. The van der Waals surface area contributed by atoms with Crippen LogP contribution < -0.4 is 0 Å². The number of hydrogen-bond donors (Lipinski definition) is 3. The number of amides is 2. The molecule has 2 heterocycles. The van der Waals surface area contributed by atoms with Gasteiger partial charge in [-0.05, 0) is 71.5 Å². The van der Waals surface area contributed by atoms with Crippen LogP contribution in [0.1, 0.15) is 48.6 Å². The van der Waals surface area contributed by atoms with Crippen molar-refractivity contribution in [3.05, 3.63) is 99.3 Å². The number of nitrogens with zero attached hydrogens (tertiary/aromatic N) is 1. The topological polar surface area (TPSA) is 98.1 Å². The molecule has 1 fully saturated rings. The van der Waals surface area contributed by atoms with Crippen LogP contribution in [0.2, 0.25) is 0 Å². The monoisotopic (exact) mass is 557 g/mol. The molecule has 2 aliphatic rings. The molecule has 3 aromatic rings.